The fourth-order valence-corrected chi connectivity index (χ4v) is 2.51. The number of carbonyl (C=O) groups excluding carboxylic acids is 3. The van der Waals surface area contributed by atoms with Gasteiger partial charge in [0.05, 0.1) is 6.54 Å². The summed E-state index contributed by atoms with van der Waals surface area (Å²) in [5.74, 6) is -0.296. The number of guanidine groups is 2. The molecule has 0 aliphatic carbocycles. The van der Waals surface area contributed by atoms with Crippen LogP contribution < -0.4 is 27.8 Å². The van der Waals surface area contributed by atoms with Crippen molar-refractivity contribution in [2.45, 2.75) is 31.3 Å². The van der Waals surface area contributed by atoms with E-state index in [4.69, 9.17) is 17.2 Å². The monoisotopic (exact) mass is 455 g/mol. The highest BCUT2D eigenvalue weighted by Crippen LogP contribution is 2.08. The van der Waals surface area contributed by atoms with Crippen LogP contribution in [0.5, 0.6) is 0 Å². The van der Waals surface area contributed by atoms with Crippen LogP contribution in [-0.2, 0) is 9.59 Å². The summed E-state index contributed by atoms with van der Waals surface area (Å²) in [6.45, 7) is 0.704. The van der Waals surface area contributed by atoms with Gasteiger partial charge in [-0.1, -0.05) is 0 Å². The van der Waals surface area contributed by atoms with Crippen molar-refractivity contribution < 1.29 is 14.4 Å². The Hall–Kier alpha value is -2.31. The van der Waals surface area contributed by atoms with Crippen LogP contribution in [0.3, 0.4) is 0 Å². The Morgan fingerprint density at radius 2 is 1.97 bits per heavy atom. The molecule has 0 radical (unpaired) electrons. The van der Waals surface area contributed by atoms with Crippen molar-refractivity contribution in [2.24, 2.45) is 27.2 Å². The summed E-state index contributed by atoms with van der Waals surface area (Å²) in [6.07, 6.45) is 1.49. The van der Waals surface area contributed by atoms with Gasteiger partial charge in [0.15, 0.2) is 5.96 Å². The topological polar surface area (TPSA) is 185 Å². The lowest BCUT2D eigenvalue weighted by Crippen LogP contribution is -2.58. The minimum absolute atomic E-state index is 0. The van der Waals surface area contributed by atoms with Crippen LogP contribution in [0.2, 0.25) is 0 Å². The van der Waals surface area contributed by atoms with Gasteiger partial charge >= 0.3 is 6.03 Å². The van der Waals surface area contributed by atoms with E-state index in [-0.39, 0.29) is 55.7 Å². The van der Waals surface area contributed by atoms with Crippen LogP contribution in [0.15, 0.2) is 9.98 Å². The molecule has 1 heterocycles. The van der Waals surface area contributed by atoms with Crippen molar-refractivity contribution in [2.75, 3.05) is 34.2 Å². The molecule has 0 bridgehead atoms. The zero-order valence-corrected chi connectivity index (χ0v) is 18.4. The van der Waals surface area contributed by atoms with E-state index in [1.165, 1.54) is 11.9 Å². The number of amides is 4. The maximum atomic E-state index is 12.4. The summed E-state index contributed by atoms with van der Waals surface area (Å²) in [5.41, 5.74) is 16.7. The number of primary amides is 1. The van der Waals surface area contributed by atoms with Crippen molar-refractivity contribution in [3.05, 3.63) is 0 Å². The standard InChI is InChI=1S/C15H29N9O3.2ClH/c1-19-13(17)23(2)6-4-5-9(16)7-11(25)24(3)10-8-20-15(21-12(10)26)22-14(18)27;;/h9-10H,4-8,16H2,1-3H3,(H2,17,19)(H4,18,20,21,22,26,27);2*1H/t9-,10?;;/m0../s1. The Labute approximate surface area is 182 Å². The molecule has 1 unspecified atom stereocenters. The number of urea groups is 1. The minimum Gasteiger partial charge on any atom is -0.370 e. The highest BCUT2D eigenvalue weighted by molar-refractivity contribution is 6.07. The Morgan fingerprint density at radius 3 is 2.48 bits per heavy atom. The SMILES string of the molecule is CN=C(N)N(C)CCC[C@H](N)CC(=O)N(C)C1CN=C(NC(N)=O)NC1=O.Cl.Cl. The van der Waals surface area contributed by atoms with Gasteiger partial charge in [-0.2, -0.15) is 0 Å². The molecular weight excluding hydrogens is 425 g/mol. The van der Waals surface area contributed by atoms with E-state index < -0.39 is 18.0 Å². The van der Waals surface area contributed by atoms with E-state index in [9.17, 15) is 14.4 Å². The van der Waals surface area contributed by atoms with Crippen molar-refractivity contribution in [1.29, 1.82) is 0 Å². The molecule has 29 heavy (non-hydrogen) atoms. The van der Waals surface area contributed by atoms with E-state index in [2.05, 4.69) is 20.6 Å². The van der Waals surface area contributed by atoms with Gasteiger partial charge in [-0.25, -0.2) is 9.79 Å². The molecule has 8 N–H and O–H groups in total. The number of carbonyl (C=O) groups is 3. The zero-order valence-electron chi connectivity index (χ0n) is 16.8. The summed E-state index contributed by atoms with van der Waals surface area (Å²) >= 11 is 0. The molecule has 0 aromatic carbocycles. The van der Waals surface area contributed by atoms with Crippen LogP contribution >= 0.6 is 24.8 Å². The van der Waals surface area contributed by atoms with E-state index in [0.29, 0.717) is 18.9 Å². The van der Waals surface area contributed by atoms with E-state index in [0.717, 1.165) is 6.42 Å². The molecule has 0 saturated carbocycles. The minimum atomic E-state index is -0.833. The highest BCUT2D eigenvalue weighted by atomic mass is 35.5. The second-order valence-corrected chi connectivity index (χ2v) is 6.30. The zero-order chi connectivity index (χ0) is 20.6. The summed E-state index contributed by atoms with van der Waals surface area (Å²) < 4.78 is 0. The Kier molecular flexibility index (Phi) is 13.7. The fraction of sp³-hybridized carbons (Fsp3) is 0.667. The number of aliphatic imine (C=N–C) groups is 2. The number of rotatable bonds is 7. The van der Waals surface area contributed by atoms with Crippen LogP contribution in [0.1, 0.15) is 19.3 Å². The van der Waals surface area contributed by atoms with Crippen LogP contribution in [-0.4, -0.2) is 85.9 Å². The molecule has 1 rings (SSSR count). The van der Waals surface area contributed by atoms with Gasteiger partial charge in [0.2, 0.25) is 11.9 Å². The van der Waals surface area contributed by atoms with Gasteiger partial charge in [-0.05, 0) is 12.8 Å². The number of nitrogens with one attached hydrogen (secondary N) is 2. The number of hydrogen-bond donors (Lipinski definition) is 5. The molecule has 12 nitrogen and oxygen atoms in total. The van der Waals surface area contributed by atoms with Crippen molar-refractivity contribution in [3.8, 4) is 0 Å². The quantitative estimate of drug-likeness (QED) is 0.222. The lowest BCUT2D eigenvalue weighted by molar-refractivity contribution is -0.138. The molecule has 0 aromatic rings. The van der Waals surface area contributed by atoms with Crippen LogP contribution in [0.25, 0.3) is 0 Å². The third kappa shape index (κ3) is 9.63. The molecule has 1 aliphatic heterocycles. The molecular formula is C15H31Cl2N9O3. The average Bonchev–Trinajstić information content (AvgIpc) is 2.59. The van der Waals surface area contributed by atoms with E-state index in [1.54, 1.807) is 7.05 Å². The number of likely N-dealkylation sites (N-methyl/N-ethyl adjacent to an activating group) is 1. The second kappa shape index (κ2) is 13.8. The maximum Gasteiger partial charge on any atom is 0.318 e. The van der Waals surface area contributed by atoms with Crippen LogP contribution in [0.4, 0.5) is 4.79 Å². The number of halogens is 2. The first-order valence-electron chi connectivity index (χ1n) is 8.52. The summed E-state index contributed by atoms with van der Waals surface area (Å²) in [5, 5.41) is 4.58. The van der Waals surface area contributed by atoms with Gasteiger partial charge in [-0.3, -0.25) is 25.2 Å². The fourth-order valence-electron chi connectivity index (χ4n) is 2.51. The number of nitrogens with two attached hydrogens (primary N) is 3. The predicted octanol–water partition coefficient (Wildman–Crippen LogP) is -1.81. The molecule has 0 fully saturated rings. The lowest BCUT2D eigenvalue weighted by Gasteiger charge is -2.30. The molecule has 0 saturated heterocycles. The first-order valence-corrected chi connectivity index (χ1v) is 8.52. The third-order valence-corrected chi connectivity index (χ3v) is 4.19. The largest absolute Gasteiger partial charge is 0.370 e. The maximum absolute atomic E-state index is 12.4. The second-order valence-electron chi connectivity index (χ2n) is 6.30. The summed E-state index contributed by atoms with van der Waals surface area (Å²) in [7, 11) is 4.97. The molecule has 1 aliphatic rings. The molecule has 4 amide bonds. The molecule has 0 aromatic heterocycles. The van der Waals surface area contributed by atoms with Crippen molar-refractivity contribution in [3.63, 3.8) is 0 Å². The van der Waals surface area contributed by atoms with Gasteiger partial charge in [0.25, 0.3) is 5.91 Å². The molecule has 2 atom stereocenters. The van der Waals surface area contributed by atoms with E-state index >= 15 is 0 Å². The van der Waals surface area contributed by atoms with Gasteiger partial charge in [0, 0.05) is 40.2 Å². The Balaban J connectivity index is 0. The molecule has 14 heteroatoms. The predicted molar refractivity (Wildman–Crippen MR) is 116 cm³/mol. The van der Waals surface area contributed by atoms with Crippen molar-refractivity contribution >= 4 is 54.6 Å². The highest BCUT2D eigenvalue weighted by Gasteiger charge is 2.31. The Morgan fingerprint density at radius 1 is 1.34 bits per heavy atom. The summed E-state index contributed by atoms with van der Waals surface area (Å²) in [6, 6.07) is -1.94. The molecule has 168 valence electrons. The summed E-state index contributed by atoms with van der Waals surface area (Å²) in [4.78, 5) is 46.3. The normalized spacial score (nSPS) is 17.0. The van der Waals surface area contributed by atoms with Crippen LogP contribution in [0, 0.1) is 0 Å². The first-order chi connectivity index (χ1) is 12.6. The van der Waals surface area contributed by atoms with Gasteiger partial charge in [0.1, 0.15) is 6.04 Å². The number of nitrogens with zero attached hydrogens (tertiary/aromatic N) is 4. The van der Waals surface area contributed by atoms with E-state index in [1.807, 2.05) is 11.9 Å². The van der Waals surface area contributed by atoms with Crippen molar-refractivity contribution in [1.82, 2.24) is 20.4 Å². The average molecular weight is 456 g/mol. The molecule has 0 spiro atoms. The van der Waals surface area contributed by atoms with Gasteiger partial charge in [-0.15, -0.1) is 24.8 Å². The lowest BCUT2D eigenvalue weighted by atomic mass is 10.1. The number of hydrogen-bond acceptors (Lipinski definition) is 6. The van der Waals surface area contributed by atoms with Gasteiger partial charge < -0.3 is 27.0 Å². The third-order valence-electron chi connectivity index (χ3n) is 4.19. The first kappa shape index (κ1) is 28.9. The smallest absolute Gasteiger partial charge is 0.318 e. The Bertz CT molecular complexity index is 630.